The van der Waals surface area contributed by atoms with Gasteiger partial charge in [0.05, 0.1) is 6.54 Å². The minimum absolute atomic E-state index is 0. The van der Waals surface area contributed by atoms with Crippen molar-refractivity contribution in [1.82, 2.24) is 10.6 Å². The standard InChI is InChI=1S/C15H22FN3OS.HI/c1-17-15(19-11-14-6-3-9-21-14)18-7-8-20-13-5-2-4-12(16)10-13;/h2,4-5,10,14H,3,6-9,11H2,1H3,(H2,17,18,19);1H. The highest BCUT2D eigenvalue weighted by Gasteiger charge is 2.15. The van der Waals surface area contributed by atoms with E-state index >= 15 is 0 Å². The highest BCUT2D eigenvalue weighted by atomic mass is 127. The van der Waals surface area contributed by atoms with Crippen LogP contribution in [-0.2, 0) is 0 Å². The molecule has 0 radical (unpaired) electrons. The number of thioether (sulfide) groups is 1. The number of aliphatic imine (C=N–C) groups is 1. The van der Waals surface area contributed by atoms with Gasteiger partial charge in [0.15, 0.2) is 5.96 Å². The molecule has 1 heterocycles. The third-order valence-electron chi connectivity index (χ3n) is 3.20. The van der Waals surface area contributed by atoms with Crippen molar-refractivity contribution in [2.45, 2.75) is 18.1 Å². The molecule has 1 saturated heterocycles. The second-order valence-electron chi connectivity index (χ2n) is 4.82. The van der Waals surface area contributed by atoms with Crippen molar-refractivity contribution in [3.05, 3.63) is 30.1 Å². The maximum atomic E-state index is 13.0. The van der Waals surface area contributed by atoms with E-state index in [1.807, 2.05) is 11.8 Å². The molecule has 4 nitrogen and oxygen atoms in total. The molecule has 1 unspecified atom stereocenters. The van der Waals surface area contributed by atoms with Gasteiger partial charge in [-0.2, -0.15) is 11.8 Å². The maximum Gasteiger partial charge on any atom is 0.191 e. The molecular formula is C15H23FIN3OS. The van der Waals surface area contributed by atoms with Crippen LogP contribution in [0.1, 0.15) is 12.8 Å². The molecule has 1 aromatic rings. The van der Waals surface area contributed by atoms with Gasteiger partial charge in [0.1, 0.15) is 18.2 Å². The summed E-state index contributed by atoms with van der Waals surface area (Å²) in [5.41, 5.74) is 0. The zero-order valence-electron chi connectivity index (χ0n) is 12.7. The summed E-state index contributed by atoms with van der Waals surface area (Å²) in [5.74, 6) is 2.30. The third kappa shape index (κ3) is 7.04. The second kappa shape index (κ2) is 10.9. The lowest BCUT2D eigenvalue weighted by atomic mass is 10.2. The van der Waals surface area contributed by atoms with Crippen molar-refractivity contribution in [2.75, 3.05) is 32.5 Å². The number of halogens is 2. The molecular weight excluding hydrogens is 416 g/mol. The van der Waals surface area contributed by atoms with Gasteiger partial charge < -0.3 is 15.4 Å². The first-order chi connectivity index (χ1) is 10.3. The quantitative estimate of drug-likeness (QED) is 0.310. The fourth-order valence-electron chi connectivity index (χ4n) is 2.13. The van der Waals surface area contributed by atoms with E-state index in [2.05, 4.69) is 15.6 Å². The van der Waals surface area contributed by atoms with Crippen LogP contribution in [0.2, 0.25) is 0 Å². The van der Waals surface area contributed by atoms with E-state index in [1.54, 1.807) is 19.2 Å². The van der Waals surface area contributed by atoms with Gasteiger partial charge in [-0.1, -0.05) is 6.07 Å². The first kappa shape index (κ1) is 19.3. The predicted molar refractivity (Wildman–Crippen MR) is 102 cm³/mol. The van der Waals surface area contributed by atoms with E-state index < -0.39 is 0 Å². The van der Waals surface area contributed by atoms with Crippen molar-refractivity contribution in [1.29, 1.82) is 0 Å². The molecule has 1 fully saturated rings. The molecule has 0 spiro atoms. The van der Waals surface area contributed by atoms with E-state index in [9.17, 15) is 4.39 Å². The van der Waals surface area contributed by atoms with Crippen LogP contribution in [0.3, 0.4) is 0 Å². The highest BCUT2D eigenvalue weighted by Crippen LogP contribution is 2.25. The van der Waals surface area contributed by atoms with E-state index in [0.717, 1.165) is 12.5 Å². The molecule has 1 atom stereocenters. The molecule has 0 amide bonds. The van der Waals surface area contributed by atoms with Gasteiger partial charge in [-0.05, 0) is 30.7 Å². The summed E-state index contributed by atoms with van der Waals surface area (Å²) in [6.07, 6.45) is 2.59. The fourth-order valence-corrected chi connectivity index (χ4v) is 3.33. The molecule has 1 aromatic carbocycles. The Morgan fingerprint density at radius 3 is 3.00 bits per heavy atom. The normalized spacial score (nSPS) is 17.7. The Hall–Kier alpha value is -0.700. The number of nitrogens with one attached hydrogen (secondary N) is 2. The molecule has 2 N–H and O–H groups in total. The molecule has 22 heavy (non-hydrogen) atoms. The lowest BCUT2D eigenvalue weighted by molar-refractivity contribution is 0.320. The van der Waals surface area contributed by atoms with Crippen LogP contribution in [0.25, 0.3) is 0 Å². The lowest BCUT2D eigenvalue weighted by Gasteiger charge is -2.15. The number of benzene rings is 1. The van der Waals surface area contributed by atoms with Gasteiger partial charge in [-0.25, -0.2) is 4.39 Å². The molecule has 0 aromatic heterocycles. The minimum atomic E-state index is -0.285. The first-order valence-electron chi connectivity index (χ1n) is 7.22. The Balaban J connectivity index is 0.00000242. The van der Waals surface area contributed by atoms with Crippen LogP contribution in [0, 0.1) is 5.82 Å². The molecule has 2 rings (SSSR count). The van der Waals surface area contributed by atoms with Gasteiger partial charge >= 0.3 is 0 Å². The molecule has 1 aliphatic heterocycles. The Kier molecular flexibility index (Phi) is 9.61. The van der Waals surface area contributed by atoms with Crippen molar-refractivity contribution in [2.24, 2.45) is 4.99 Å². The number of hydrogen-bond donors (Lipinski definition) is 2. The van der Waals surface area contributed by atoms with Crippen LogP contribution in [-0.4, -0.2) is 43.7 Å². The first-order valence-corrected chi connectivity index (χ1v) is 8.27. The van der Waals surface area contributed by atoms with E-state index in [0.29, 0.717) is 24.2 Å². The summed E-state index contributed by atoms with van der Waals surface area (Å²) < 4.78 is 18.5. The number of hydrogen-bond acceptors (Lipinski definition) is 3. The molecule has 0 saturated carbocycles. The monoisotopic (exact) mass is 439 g/mol. The Morgan fingerprint density at radius 1 is 1.45 bits per heavy atom. The summed E-state index contributed by atoms with van der Waals surface area (Å²) in [6.45, 7) is 2.02. The van der Waals surface area contributed by atoms with Gasteiger partial charge in [0, 0.05) is 24.9 Å². The van der Waals surface area contributed by atoms with Gasteiger partial charge in [-0.3, -0.25) is 4.99 Å². The molecule has 0 aliphatic carbocycles. The topological polar surface area (TPSA) is 45.7 Å². The zero-order chi connectivity index (χ0) is 14.9. The van der Waals surface area contributed by atoms with Crippen LogP contribution in [0.4, 0.5) is 4.39 Å². The Labute approximate surface area is 152 Å². The lowest BCUT2D eigenvalue weighted by Crippen LogP contribution is -2.41. The van der Waals surface area contributed by atoms with Crippen LogP contribution < -0.4 is 15.4 Å². The Bertz CT molecular complexity index is 470. The van der Waals surface area contributed by atoms with E-state index in [1.165, 1.54) is 30.7 Å². The Morgan fingerprint density at radius 2 is 2.32 bits per heavy atom. The van der Waals surface area contributed by atoms with Crippen LogP contribution in [0.15, 0.2) is 29.3 Å². The van der Waals surface area contributed by atoms with Crippen molar-refractivity contribution in [3.63, 3.8) is 0 Å². The average Bonchev–Trinajstić information content (AvgIpc) is 3.00. The third-order valence-corrected chi connectivity index (χ3v) is 4.60. The summed E-state index contributed by atoms with van der Waals surface area (Å²) in [6, 6.07) is 6.16. The van der Waals surface area contributed by atoms with E-state index in [4.69, 9.17) is 4.74 Å². The largest absolute Gasteiger partial charge is 0.492 e. The van der Waals surface area contributed by atoms with Crippen molar-refractivity contribution in [3.8, 4) is 5.75 Å². The highest BCUT2D eigenvalue weighted by molar-refractivity contribution is 14.0. The van der Waals surface area contributed by atoms with Crippen LogP contribution >= 0.6 is 35.7 Å². The van der Waals surface area contributed by atoms with Gasteiger partial charge in [-0.15, -0.1) is 24.0 Å². The summed E-state index contributed by atoms with van der Waals surface area (Å²) in [7, 11) is 1.75. The number of rotatable bonds is 6. The molecule has 124 valence electrons. The average molecular weight is 439 g/mol. The maximum absolute atomic E-state index is 13.0. The van der Waals surface area contributed by atoms with Crippen molar-refractivity contribution >= 4 is 41.7 Å². The summed E-state index contributed by atoms with van der Waals surface area (Å²) >= 11 is 2.02. The fraction of sp³-hybridized carbons (Fsp3) is 0.533. The van der Waals surface area contributed by atoms with Gasteiger partial charge in [0.25, 0.3) is 0 Å². The van der Waals surface area contributed by atoms with Crippen LogP contribution in [0.5, 0.6) is 5.75 Å². The predicted octanol–water partition coefficient (Wildman–Crippen LogP) is 2.88. The molecule has 1 aliphatic rings. The summed E-state index contributed by atoms with van der Waals surface area (Å²) in [5, 5.41) is 7.20. The number of guanidine groups is 1. The van der Waals surface area contributed by atoms with E-state index in [-0.39, 0.29) is 29.8 Å². The summed E-state index contributed by atoms with van der Waals surface area (Å²) in [4.78, 5) is 4.18. The minimum Gasteiger partial charge on any atom is -0.492 e. The SMILES string of the molecule is CN=C(NCCOc1cccc(F)c1)NCC1CCCS1.I. The smallest absolute Gasteiger partial charge is 0.191 e. The van der Waals surface area contributed by atoms with Crippen molar-refractivity contribution < 1.29 is 9.13 Å². The second-order valence-corrected chi connectivity index (χ2v) is 6.23. The molecule has 7 heteroatoms. The molecule has 0 bridgehead atoms. The number of ether oxygens (including phenoxy) is 1. The zero-order valence-corrected chi connectivity index (χ0v) is 15.8. The van der Waals surface area contributed by atoms with Gasteiger partial charge in [0.2, 0.25) is 0 Å². The number of nitrogens with zero attached hydrogens (tertiary/aromatic N) is 1.